The first-order valence-corrected chi connectivity index (χ1v) is 7.80. The van der Waals surface area contributed by atoms with Gasteiger partial charge in [0.05, 0.1) is 5.56 Å². The third-order valence-electron chi connectivity index (χ3n) is 4.50. The molecule has 2 rings (SSSR count). The van der Waals surface area contributed by atoms with Crippen molar-refractivity contribution in [1.29, 1.82) is 0 Å². The van der Waals surface area contributed by atoms with Crippen molar-refractivity contribution in [1.82, 2.24) is 10.2 Å². The molecule has 1 aromatic rings. The van der Waals surface area contributed by atoms with Crippen LogP contribution in [0.15, 0.2) is 24.3 Å². The molecule has 0 bridgehead atoms. The lowest BCUT2D eigenvalue weighted by Crippen LogP contribution is -2.44. The van der Waals surface area contributed by atoms with Crippen LogP contribution in [0.25, 0.3) is 0 Å². The number of nitrogens with zero attached hydrogens (tertiary/aromatic N) is 1. The zero-order valence-corrected chi connectivity index (χ0v) is 13.2. The van der Waals surface area contributed by atoms with E-state index >= 15 is 0 Å². The van der Waals surface area contributed by atoms with Gasteiger partial charge in [-0.15, -0.1) is 0 Å². The summed E-state index contributed by atoms with van der Waals surface area (Å²) in [5, 5.41) is 11.7. The van der Waals surface area contributed by atoms with Crippen LogP contribution in [0.1, 0.15) is 48.5 Å². The lowest BCUT2D eigenvalue weighted by atomic mass is 9.87. The first-order valence-electron chi connectivity index (χ1n) is 7.80. The van der Waals surface area contributed by atoms with Gasteiger partial charge in [-0.2, -0.15) is 0 Å². The predicted molar refractivity (Wildman–Crippen MR) is 84.8 cm³/mol. The summed E-state index contributed by atoms with van der Waals surface area (Å²) in [7, 11) is 1.85. The van der Waals surface area contributed by atoms with E-state index in [0.717, 1.165) is 24.3 Å². The third-order valence-corrected chi connectivity index (χ3v) is 4.50. The third kappa shape index (κ3) is 4.23. The zero-order valence-electron chi connectivity index (χ0n) is 13.2. The number of carbonyl (C=O) groups excluding carboxylic acids is 1. The Hall–Kier alpha value is -2.04. The topological polar surface area (TPSA) is 69.6 Å². The van der Waals surface area contributed by atoms with Gasteiger partial charge in [0.1, 0.15) is 0 Å². The Bertz CT molecular complexity index is 519. The summed E-state index contributed by atoms with van der Waals surface area (Å²) in [5.74, 6) is -0.178. The number of carboxylic acid groups (broad SMARTS) is 1. The minimum Gasteiger partial charge on any atom is -0.478 e. The largest absolute Gasteiger partial charge is 0.478 e. The van der Waals surface area contributed by atoms with Gasteiger partial charge in [0.25, 0.3) is 0 Å². The van der Waals surface area contributed by atoms with Crippen molar-refractivity contribution in [3.63, 3.8) is 0 Å². The summed E-state index contributed by atoms with van der Waals surface area (Å²) in [6, 6.07) is 6.82. The molecule has 120 valence electrons. The Morgan fingerprint density at radius 1 is 1.18 bits per heavy atom. The molecule has 2 N–H and O–H groups in total. The van der Waals surface area contributed by atoms with Crippen LogP contribution in [-0.4, -0.2) is 35.1 Å². The Morgan fingerprint density at radius 2 is 1.77 bits per heavy atom. The highest BCUT2D eigenvalue weighted by Gasteiger charge is 2.24. The van der Waals surface area contributed by atoms with Crippen LogP contribution in [-0.2, 0) is 6.54 Å². The molecule has 0 saturated heterocycles. The van der Waals surface area contributed by atoms with E-state index in [9.17, 15) is 9.59 Å². The SMILES string of the molecule is CC1CCC(N(C)C(=O)NCc2ccc(C(=O)O)cc2)CC1. The fourth-order valence-corrected chi connectivity index (χ4v) is 2.86. The number of benzene rings is 1. The summed E-state index contributed by atoms with van der Waals surface area (Å²) in [4.78, 5) is 24.8. The van der Waals surface area contributed by atoms with Crippen LogP contribution in [0.3, 0.4) is 0 Å². The minimum absolute atomic E-state index is 0.0677. The normalized spacial score (nSPS) is 21.2. The molecule has 22 heavy (non-hydrogen) atoms. The smallest absolute Gasteiger partial charge is 0.335 e. The minimum atomic E-state index is -0.943. The molecule has 0 heterocycles. The Balaban J connectivity index is 1.82. The maximum Gasteiger partial charge on any atom is 0.335 e. The molecule has 0 atom stereocenters. The standard InChI is InChI=1S/C17H24N2O3/c1-12-3-9-15(10-4-12)19(2)17(22)18-11-13-5-7-14(8-6-13)16(20)21/h5-8,12,15H,3-4,9-11H2,1-2H3,(H,18,22)(H,20,21). The van der Waals surface area contributed by atoms with Crippen molar-refractivity contribution in [2.45, 2.75) is 45.2 Å². The lowest BCUT2D eigenvalue weighted by Gasteiger charge is -2.33. The molecule has 5 nitrogen and oxygen atoms in total. The number of nitrogens with one attached hydrogen (secondary N) is 1. The van der Waals surface area contributed by atoms with Gasteiger partial charge in [-0.25, -0.2) is 9.59 Å². The van der Waals surface area contributed by atoms with Crippen molar-refractivity contribution < 1.29 is 14.7 Å². The Kier molecular flexibility index (Phi) is 5.41. The fraction of sp³-hybridized carbons (Fsp3) is 0.529. The van der Waals surface area contributed by atoms with Crippen molar-refractivity contribution in [3.05, 3.63) is 35.4 Å². The van der Waals surface area contributed by atoms with Gasteiger partial charge in [0, 0.05) is 19.6 Å². The van der Waals surface area contributed by atoms with Crippen molar-refractivity contribution in [2.75, 3.05) is 7.05 Å². The fourth-order valence-electron chi connectivity index (χ4n) is 2.86. The molecule has 0 unspecified atom stereocenters. The zero-order chi connectivity index (χ0) is 16.1. The van der Waals surface area contributed by atoms with Gasteiger partial charge in [0.15, 0.2) is 0 Å². The van der Waals surface area contributed by atoms with E-state index in [1.807, 2.05) is 7.05 Å². The van der Waals surface area contributed by atoms with Crippen LogP contribution in [0.5, 0.6) is 0 Å². The molecule has 5 heteroatoms. The second-order valence-corrected chi connectivity index (χ2v) is 6.19. The molecule has 0 aliphatic heterocycles. The average Bonchev–Trinajstić information content (AvgIpc) is 2.53. The van der Waals surface area contributed by atoms with Crippen molar-refractivity contribution in [2.24, 2.45) is 5.92 Å². The van der Waals surface area contributed by atoms with Gasteiger partial charge >= 0.3 is 12.0 Å². The number of hydrogen-bond donors (Lipinski definition) is 2. The molecule has 0 aromatic heterocycles. The molecular weight excluding hydrogens is 280 g/mol. The summed E-state index contributed by atoms with van der Waals surface area (Å²) in [6.45, 7) is 2.67. The quantitative estimate of drug-likeness (QED) is 0.898. The van der Waals surface area contributed by atoms with Gasteiger partial charge < -0.3 is 15.3 Å². The highest BCUT2D eigenvalue weighted by molar-refractivity contribution is 5.87. The van der Waals surface area contributed by atoms with E-state index in [4.69, 9.17) is 5.11 Å². The molecular formula is C17H24N2O3. The van der Waals surface area contributed by atoms with Gasteiger partial charge in [0.2, 0.25) is 0 Å². The number of hydrogen-bond acceptors (Lipinski definition) is 2. The summed E-state index contributed by atoms with van der Waals surface area (Å²) < 4.78 is 0. The second kappa shape index (κ2) is 7.29. The molecule has 1 aliphatic rings. The summed E-state index contributed by atoms with van der Waals surface area (Å²) >= 11 is 0. The summed E-state index contributed by atoms with van der Waals surface area (Å²) in [6.07, 6.45) is 4.49. The molecule has 1 fully saturated rings. The highest BCUT2D eigenvalue weighted by atomic mass is 16.4. The van der Waals surface area contributed by atoms with E-state index in [0.29, 0.717) is 12.6 Å². The first kappa shape index (κ1) is 16.3. The number of rotatable bonds is 4. The molecule has 0 radical (unpaired) electrons. The molecule has 1 aliphatic carbocycles. The lowest BCUT2D eigenvalue weighted by molar-refractivity contribution is 0.0697. The Labute approximate surface area is 131 Å². The van der Waals surface area contributed by atoms with Gasteiger partial charge in [-0.3, -0.25) is 0 Å². The highest BCUT2D eigenvalue weighted by Crippen LogP contribution is 2.26. The molecule has 1 aromatic carbocycles. The van der Waals surface area contributed by atoms with Gasteiger partial charge in [-0.1, -0.05) is 19.1 Å². The van der Waals surface area contributed by atoms with Crippen LogP contribution >= 0.6 is 0 Å². The van der Waals surface area contributed by atoms with Gasteiger partial charge in [-0.05, 0) is 49.3 Å². The monoisotopic (exact) mass is 304 g/mol. The molecule has 0 spiro atoms. The van der Waals surface area contributed by atoms with Crippen LogP contribution in [0, 0.1) is 5.92 Å². The second-order valence-electron chi connectivity index (χ2n) is 6.19. The van der Waals surface area contributed by atoms with E-state index in [-0.39, 0.29) is 11.6 Å². The number of carbonyl (C=O) groups is 2. The van der Waals surface area contributed by atoms with E-state index in [2.05, 4.69) is 12.2 Å². The van der Waals surface area contributed by atoms with E-state index in [1.54, 1.807) is 29.2 Å². The van der Waals surface area contributed by atoms with E-state index in [1.165, 1.54) is 12.8 Å². The number of amides is 2. The van der Waals surface area contributed by atoms with E-state index < -0.39 is 5.97 Å². The van der Waals surface area contributed by atoms with Crippen molar-refractivity contribution in [3.8, 4) is 0 Å². The maximum absolute atomic E-state index is 12.2. The molecule has 2 amide bonds. The van der Waals surface area contributed by atoms with Crippen LogP contribution in [0.2, 0.25) is 0 Å². The number of carboxylic acids is 1. The number of urea groups is 1. The maximum atomic E-state index is 12.2. The van der Waals surface area contributed by atoms with Crippen LogP contribution < -0.4 is 5.32 Å². The predicted octanol–water partition coefficient (Wildman–Crippen LogP) is 3.10. The van der Waals surface area contributed by atoms with Crippen molar-refractivity contribution >= 4 is 12.0 Å². The first-order chi connectivity index (χ1) is 10.5. The molecule has 1 saturated carbocycles. The number of aromatic carboxylic acids is 1. The summed E-state index contributed by atoms with van der Waals surface area (Å²) in [5.41, 5.74) is 1.15. The average molecular weight is 304 g/mol. The van der Waals surface area contributed by atoms with Crippen LogP contribution in [0.4, 0.5) is 4.79 Å². The Morgan fingerprint density at radius 3 is 2.32 bits per heavy atom.